The number of fused-ring (bicyclic) bond motifs is 3. The standard InChI is InChI=1S/C25H24F3N5OS/c1-15-11-23(35-31-15)32-13-16-8-9-17(14-32)20(16)12-22-29-24-19(6-4-10-33(24)30-22)18-5-2-3-7-21(18)34-25(26,27)28/h2-7,10-11,16-17,20H,8-9,12-14H2,1H3/t16-,17+,20?. The van der Waals surface area contributed by atoms with E-state index < -0.39 is 6.36 Å². The molecule has 2 bridgehead atoms. The van der Waals surface area contributed by atoms with E-state index in [1.165, 1.54) is 30.0 Å². The molecule has 0 amide bonds. The first-order chi connectivity index (χ1) is 16.8. The Balaban J connectivity index is 1.27. The molecule has 10 heteroatoms. The number of nitrogens with zero attached hydrogens (tertiary/aromatic N) is 5. The summed E-state index contributed by atoms with van der Waals surface area (Å²) in [6.45, 7) is 4.06. The SMILES string of the molecule is Cc1cc(N2C[C@H]3CC[C@@H](C2)C3Cc2nc3c(-c4ccccc4OC(F)(F)F)cccn3n2)sn1. The number of aromatic nitrogens is 4. The molecule has 0 spiro atoms. The number of aryl methyl sites for hydroxylation is 1. The molecule has 182 valence electrons. The molecule has 0 N–H and O–H groups in total. The van der Waals surface area contributed by atoms with Gasteiger partial charge in [-0.2, -0.15) is 9.47 Å². The highest BCUT2D eigenvalue weighted by Crippen LogP contribution is 2.45. The van der Waals surface area contributed by atoms with E-state index in [1.807, 2.05) is 6.92 Å². The number of halogens is 3. The number of pyridine rings is 1. The Kier molecular flexibility index (Phi) is 5.43. The molecule has 2 fully saturated rings. The molecule has 1 saturated heterocycles. The lowest BCUT2D eigenvalue weighted by Gasteiger charge is -2.38. The maximum atomic E-state index is 13.0. The van der Waals surface area contributed by atoms with Crippen molar-refractivity contribution in [3.63, 3.8) is 0 Å². The van der Waals surface area contributed by atoms with Crippen molar-refractivity contribution in [1.29, 1.82) is 0 Å². The lowest BCUT2D eigenvalue weighted by molar-refractivity contribution is -0.274. The maximum Gasteiger partial charge on any atom is 0.573 e. The van der Waals surface area contributed by atoms with Crippen molar-refractivity contribution < 1.29 is 17.9 Å². The highest BCUT2D eigenvalue weighted by molar-refractivity contribution is 7.10. The van der Waals surface area contributed by atoms with Crippen LogP contribution in [0.5, 0.6) is 5.75 Å². The number of rotatable bonds is 5. The van der Waals surface area contributed by atoms with Crippen molar-refractivity contribution in [2.24, 2.45) is 17.8 Å². The molecule has 0 radical (unpaired) electrons. The van der Waals surface area contributed by atoms with Crippen molar-refractivity contribution >= 4 is 22.2 Å². The van der Waals surface area contributed by atoms with Gasteiger partial charge in [0, 0.05) is 36.8 Å². The molecule has 1 aliphatic heterocycles. The van der Waals surface area contributed by atoms with Crippen LogP contribution in [0.4, 0.5) is 18.2 Å². The summed E-state index contributed by atoms with van der Waals surface area (Å²) in [5.74, 6) is 2.13. The predicted molar refractivity (Wildman–Crippen MR) is 128 cm³/mol. The molecule has 4 heterocycles. The molecule has 1 aromatic carbocycles. The van der Waals surface area contributed by atoms with E-state index in [0.717, 1.165) is 31.0 Å². The Labute approximate surface area is 204 Å². The van der Waals surface area contributed by atoms with Gasteiger partial charge in [-0.1, -0.05) is 18.2 Å². The first-order valence-corrected chi connectivity index (χ1v) is 12.5. The average molecular weight is 500 g/mol. The Morgan fingerprint density at radius 1 is 1.06 bits per heavy atom. The van der Waals surface area contributed by atoms with Crippen LogP contribution in [0.2, 0.25) is 0 Å². The second-order valence-corrected chi connectivity index (χ2v) is 10.2. The van der Waals surface area contributed by atoms with Crippen molar-refractivity contribution in [2.45, 2.75) is 32.5 Å². The van der Waals surface area contributed by atoms with Crippen LogP contribution < -0.4 is 9.64 Å². The maximum absolute atomic E-state index is 13.0. The van der Waals surface area contributed by atoms with Gasteiger partial charge < -0.3 is 9.64 Å². The zero-order valence-corrected chi connectivity index (χ0v) is 19.9. The van der Waals surface area contributed by atoms with Crippen LogP contribution in [-0.4, -0.2) is 38.4 Å². The van der Waals surface area contributed by atoms with E-state index in [2.05, 4.69) is 20.1 Å². The van der Waals surface area contributed by atoms with E-state index >= 15 is 0 Å². The van der Waals surface area contributed by atoms with Crippen molar-refractivity contribution in [2.75, 3.05) is 18.0 Å². The molecule has 3 atom stereocenters. The minimum atomic E-state index is -4.77. The molecule has 1 unspecified atom stereocenters. The second kappa shape index (κ2) is 8.51. The Hall–Kier alpha value is -3.14. The van der Waals surface area contributed by atoms with Gasteiger partial charge in [-0.25, -0.2) is 9.50 Å². The third-order valence-corrected chi connectivity index (χ3v) is 8.13. The van der Waals surface area contributed by atoms with Crippen molar-refractivity contribution in [1.82, 2.24) is 19.0 Å². The first kappa shape index (κ1) is 22.3. The lowest BCUT2D eigenvalue weighted by Crippen LogP contribution is -2.42. The van der Waals surface area contributed by atoms with E-state index in [-0.39, 0.29) is 5.75 Å². The molecule has 6 rings (SSSR count). The zero-order valence-electron chi connectivity index (χ0n) is 19.1. The highest BCUT2D eigenvalue weighted by Gasteiger charge is 2.42. The Morgan fingerprint density at radius 3 is 2.51 bits per heavy atom. The zero-order chi connectivity index (χ0) is 24.2. The summed E-state index contributed by atoms with van der Waals surface area (Å²) in [4.78, 5) is 7.26. The third-order valence-electron chi connectivity index (χ3n) is 7.18. The average Bonchev–Trinajstić information content (AvgIpc) is 3.48. The van der Waals surface area contributed by atoms with E-state index in [9.17, 15) is 13.2 Å². The van der Waals surface area contributed by atoms with Gasteiger partial charge in [0.1, 0.15) is 10.8 Å². The number of benzene rings is 1. The smallest absolute Gasteiger partial charge is 0.405 e. The largest absolute Gasteiger partial charge is 0.573 e. The summed E-state index contributed by atoms with van der Waals surface area (Å²) >= 11 is 1.57. The summed E-state index contributed by atoms with van der Waals surface area (Å²) < 4.78 is 49.3. The fraction of sp³-hybridized carbons (Fsp3) is 0.400. The number of alkyl halides is 3. The van der Waals surface area contributed by atoms with Crippen molar-refractivity contribution in [3.05, 3.63) is 60.2 Å². The van der Waals surface area contributed by atoms with Crippen LogP contribution in [0.1, 0.15) is 24.4 Å². The number of hydrogen-bond acceptors (Lipinski definition) is 6. The minimum Gasteiger partial charge on any atom is -0.405 e. The molecule has 3 aromatic heterocycles. The molecule has 35 heavy (non-hydrogen) atoms. The van der Waals surface area contributed by atoms with Crippen LogP contribution in [0.25, 0.3) is 16.8 Å². The lowest BCUT2D eigenvalue weighted by atomic mass is 9.82. The van der Waals surface area contributed by atoms with Gasteiger partial charge in [0.2, 0.25) is 0 Å². The number of anilines is 1. The predicted octanol–water partition coefficient (Wildman–Crippen LogP) is 5.76. The normalized spacial score (nSPS) is 22.2. The van der Waals surface area contributed by atoms with Gasteiger partial charge in [-0.15, -0.1) is 13.2 Å². The minimum absolute atomic E-state index is 0.249. The van der Waals surface area contributed by atoms with E-state index in [1.54, 1.807) is 46.5 Å². The van der Waals surface area contributed by atoms with Gasteiger partial charge >= 0.3 is 6.36 Å². The van der Waals surface area contributed by atoms with Crippen LogP contribution in [-0.2, 0) is 6.42 Å². The summed E-state index contributed by atoms with van der Waals surface area (Å²) in [5.41, 5.74) is 2.49. The number of para-hydroxylation sites is 1. The third kappa shape index (κ3) is 4.35. The topological polar surface area (TPSA) is 55.6 Å². The van der Waals surface area contributed by atoms with Crippen LogP contribution >= 0.6 is 11.5 Å². The molecular weight excluding hydrogens is 475 g/mol. The molecule has 1 aliphatic carbocycles. The Morgan fingerprint density at radius 2 is 1.80 bits per heavy atom. The van der Waals surface area contributed by atoms with Gasteiger partial charge in [-0.05, 0) is 73.3 Å². The highest BCUT2D eigenvalue weighted by atomic mass is 32.1. The monoisotopic (exact) mass is 499 g/mol. The number of ether oxygens (including phenoxy) is 1. The summed E-state index contributed by atoms with van der Waals surface area (Å²) in [6, 6.07) is 11.8. The molecule has 2 aliphatic rings. The summed E-state index contributed by atoms with van der Waals surface area (Å²) in [7, 11) is 0. The van der Waals surface area contributed by atoms with Gasteiger partial charge in [0.25, 0.3) is 0 Å². The molecule has 4 aromatic rings. The van der Waals surface area contributed by atoms with Gasteiger partial charge in [-0.3, -0.25) is 0 Å². The number of hydrogen-bond donors (Lipinski definition) is 0. The molecule has 6 nitrogen and oxygen atoms in total. The number of piperidine rings is 1. The van der Waals surface area contributed by atoms with Crippen molar-refractivity contribution in [3.8, 4) is 16.9 Å². The van der Waals surface area contributed by atoms with Gasteiger partial charge in [0.15, 0.2) is 11.5 Å². The fourth-order valence-electron chi connectivity index (χ4n) is 5.71. The fourth-order valence-corrected chi connectivity index (χ4v) is 6.49. The molecular formula is C25H24F3N5OS. The quantitative estimate of drug-likeness (QED) is 0.349. The summed E-state index contributed by atoms with van der Waals surface area (Å²) in [6.07, 6.45) is 0.180. The summed E-state index contributed by atoms with van der Waals surface area (Å²) in [5, 5.41) is 5.94. The van der Waals surface area contributed by atoms with Crippen LogP contribution in [0.3, 0.4) is 0 Å². The van der Waals surface area contributed by atoms with Crippen LogP contribution in [0.15, 0.2) is 48.7 Å². The van der Waals surface area contributed by atoms with E-state index in [4.69, 9.17) is 10.1 Å². The van der Waals surface area contributed by atoms with Gasteiger partial charge in [0.05, 0.1) is 5.69 Å². The molecule has 1 saturated carbocycles. The first-order valence-electron chi connectivity index (χ1n) is 11.7. The second-order valence-electron chi connectivity index (χ2n) is 9.44. The van der Waals surface area contributed by atoms with Crippen LogP contribution in [0, 0.1) is 24.7 Å². The van der Waals surface area contributed by atoms with E-state index in [0.29, 0.717) is 34.5 Å². The Bertz CT molecular complexity index is 1350.